The zero-order valence-electron chi connectivity index (χ0n) is 12.5. The molecule has 2 aliphatic heterocycles. The summed E-state index contributed by atoms with van der Waals surface area (Å²) in [5.74, 6) is -0.479. The minimum Gasteiger partial charge on any atom is -0.480 e. The van der Waals surface area contributed by atoms with E-state index in [-0.39, 0.29) is 16.1 Å². The fraction of sp³-hybridized carbons (Fsp3) is 0.400. The quantitative estimate of drug-likeness (QED) is 0.443. The van der Waals surface area contributed by atoms with Crippen molar-refractivity contribution in [2.75, 3.05) is 5.75 Å². The molecule has 3 heterocycles. The first-order chi connectivity index (χ1) is 11.4. The minimum absolute atomic E-state index is 0.0976. The summed E-state index contributed by atoms with van der Waals surface area (Å²) >= 11 is 8.11. The summed E-state index contributed by atoms with van der Waals surface area (Å²) in [7, 11) is 0. The highest BCUT2D eigenvalue weighted by Gasteiger charge is 2.64. The van der Waals surface area contributed by atoms with Gasteiger partial charge in [0.1, 0.15) is 16.2 Å². The lowest BCUT2D eigenvalue weighted by molar-refractivity contribution is -0.156. The second kappa shape index (κ2) is 5.89. The summed E-state index contributed by atoms with van der Waals surface area (Å²) in [5, 5.41) is 9.54. The number of carbonyl (C=O) groups is 2. The van der Waals surface area contributed by atoms with E-state index in [0.717, 1.165) is 14.6 Å². The molecule has 5 nitrogen and oxygen atoms in total. The van der Waals surface area contributed by atoms with Crippen LogP contribution in [0.15, 0.2) is 28.6 Å². The van der Waals surface area contributed by atoms with Gasteiger partial charge in [0.05, 0.1) is 15.0 Å². The molecule has 2 aliphatic rings. The van der Waals surface area contributed by atoms with Crippen molar-refractivity contribution in [3.63, 3.8) is 0 Å². The number of β-lactam (4-membered cyclic amide) rings is 1. The molecule has 2 saturated heterocycles. The van der Waals surface area contributed by atoms with Gasteiger partial charge in [-0.2, -0.15) is 0 Å². The number of carbonyl (C=O) groups excluding carboxylic acids is 1. The van der Waals surface area contributed by atoms with Crippen LogP contribution in [0, 0.1) is 0 Å². The van der Waals surface area contributed by atoms with E-state index < -0.39 is 16.8 Å². The molecule has 24 heavy (non-hydrogen) atoms. The molecule has 0 radical (unpaired) electrons. The lowest BCUT2D eigenvalue weighted by atomic mass is 9.98. The average Bonchev–Trinajstić information content (AvgIpc) is 3.09. The molecule has 2 fully saturated rings. The summed E-state index contributed by atoms with van der Waals surface area (Å²) in [4.78, 5) is 29.6. The molecule has 2 aromatic rings. The Hall–Kier alpha value is -0.770. The Morgan fingerprint density at radius 1 is 1.50 bits per heavy atom. The van der Waals surface area contributed by atoms with Gasteiger partial charge in [0.2, 0.25) is 5.91 Å². The number of thiazole rings is 1. The van der Waals surface area contributed by atoms with Crippen molar-refractivity contribution in [2.45, 2.75) is 32.3 Å². The lowest BCUT2D eigenvalue weighted by Gasteiger charge is -2.40. The molecular formula is C15H13BrN2O3S3. The van der Waals surface area contributed by atoms with E-state index in [4.69, 9.17) is 0 Å². The van der Waals surface area contributed by atoms with E-state index >= 15 is 0 Å². The van der Waals surface area contributed by atoms with E-state index in [1.165, 1.54) is 4.90 Å². The van der Waals surface area contributed by atoms with Crippen LogP contribution < -0.4 is 0 Å². The molecule has 0 bridgehead atoms. The molecule has 1 aromatic carbocycles. The number of thioether (sulfide) groups is 2. The molecule has 1 amide bonds. The van der Waals surface area contributed by atoms with Crippen molar-refractivity contribution in [3.05, 3.63) is 24.3 Å². The number of aromatic nitrogens is 1. The molecule has 4 atom stereocenters. The summed E-state index contributed by atoms with van der Waals surface area (Å²) in [5.41, 5.74) is 0.962. The van der Waals surface area contributed by atoms with Crippen LogP contribution in [0.2, 0.25) is 0 Å². The van der Waals surface area contributed by atoms with Gasteiger partial charge in [0, 0.05) is 5.75 Å². The predicted octanol–water partition coefficient (Wildman–Crippen LogP) is 3.28. The number of aliphatic carboxylic acids is 1. The van der Waals surface area contributed by atoms with Crippen LogP contribution in [0.3, 0.4) is 0 Å². The molecule has 1 aromatic heterocycles. The monoisotopic (exact) mass is 444 g/mol. The molecule has 0 saturated carbocycles. The van der Waals surface area contributed by atoms with Gasteiger partial charge in [-0.15, -0.1) is 23.1 Å². The molecule has 0 unspecified atom stereocenters. The van der Waals surface area contributed by atoms with Crippen LogP contribution in [0.1, 0.15) is 6.92 Å². The predicted molar refractivity (Wildman–Crippen MR) is 101 cm³/mol. The number of para-hydroxylation sites is 1. The van der Waals surface area contributed by atoms with Gasteiger partial charge in [0.25, 0.3) is 0 Å². The largest absolute Gasteiger partial charge is 0.480 e. The zero-order valence-corrected chi connectivity index (χ0v) is 16.5. The molecule has 9 heteroatoms. The topological polar surface area (TPSA) is 70.5 Å². The maximum atomic E-state index is 12.0. The Morgan fingerprint density at radius 3 is 2.96 bits per heavy atom. The molecule has 126 valence electrons. The smallest absolute Gasteiger partial charge is 0.327 e. The van der Waals surface area contributed by atoms with E-state index in [2.05, 4.69) is 20.9 Å². The third-order valence-electron chi connectivity index (χ3n) is 4.25. The number of amides is 1. The van der Waals surface area contributed by atoms with Crippen molar-refractivity contribution < 1.29 is 14.7 Å². The number of rotatable bonds is 4. The van der Waals surface area contributed by atoms with Crippen molar-refractivity contribution >= 4 is 72.9 Å². The van der Waals surface area contributed by atoms with Crippen molar-refractivity contribution in [1.29, 1.82) is 0 Å². The fourth-order valence-electron chi connectivity index (χ4n) is 3.08. The summed E-state index contributed by atoms with van der Waals surface area (Å²) in [6.07, 6.45) is 0. The Labute approximate surface area is 159 Å². The number of hydrogen-bond acceptors (Lipinski definition) is 6. The first kappa shape index (κ1) is 16.7. The number of alkyl halides is 1. The highest BCUT2D eigenvalue weighted by Crippen LogP contribution is 2.54. The van der Waals surface area contributed by atoms with Crippen molar-refractivity contribution in [3.8, 4) is 0 Å². The van der Waals surface area contributed by atoms with E-state index in [1.54, 1.807) is 34.9 Å². The minimum atomic E-state index is -0.940. The number of carboxylic acid groups (broad SMARTS) is 1. The number of benzene rings is 1. The number of fused-ring (bicyclic) bond motifs is 2. The van der Waals surface area contributed by atoms with Gasteiger partial charge in [-0.3, -0.25) is 4.79 Å². The average molecular weight is 445 g/mol. The first-order valence-corrected chi connectivity index (χ1v) is 10.9. The van der Waals surface area contributed by atoms with E-state index in [0.29, 0.717) is 5.75 Å². The van der Waals surface area contributed by atoms with E-state index in [1.807, 2.05) is 31.2 Å². The Balaban J connectivity index is 1.56. The Morgan fingerprint density at radius 2 is 2.25 bits per heavy atom. The van der Waals surface area contributed by atoms with Crippen LogP contribution in [-0.4, -0.2) is 53.6 Å². The first-order valence-electron chi connectivity index (χ1n) is 7.26. The van der Waals surface area contributed by atoms with Crippen LogP contribution in [0.4, 0.5) is 0 Å². The molecule has 0 spiro atoms. The van der Waals surface area contributed by atoms with Crippen LogP contribution in [0.25, 0.3) is 10.2 Å². The number of nitrogens with zero attached hydrogens (tertiary/aromatic N) is 2. The SMILES string of the molecule is C[C@@]1(CSc2nc3ccccc3s2)S[C@@H]2[C@@H](Br)C(=O)N2[C@H]1C(=O)O. The van der Waals surface area contributed by atoms with Gasteiger partial charge in [-0.25, -0.2) is 9.78 Å². The third-order valence-corrected chi connectivity index (χ3v) is 9.84. The summed E-state index contributed by atoms with van der Waals surface area (Å²) in [6, 6.07) is 7.15. The zero-order chi connectivity index (χ0) is 17.1. The fourth-order valence-corrected chi connectivity index (χ4v) is 7.93. The van der Waals surface area contributed by atoms with Crippen LogP contribution >= 0.6 is 50.8 Å². The Kier molecular flexibility index (Phi) is 4.10. The molecule has 4 rings (SSSR count). The van der Waals surface area contributed by atoms with Gasteiger partial charge >= 0.3 is 5.97 Å². The third kappa shape index (κ3) is 2.48. The summed E-state index contributed by atoms with van der Waals surface area (Å²) < 4.78 is 1.51. The second-order valence-corrected chi connectivity index (χ2v) is 10.8. The molecular weight excluding hydrogens is 432 g/mol. The van der Waals surface area contributed by atoms with E-state index in [9.17, 15) is 14.7 Å². The van der Waals surface area contributed by atoms with Gasteiger partial charge in [-0.1, -0.05) is 39.8 Å². The maximum absolute atomic E-state index is 12.0. The standard InChI is InChI=1S/C15H13BrN2O3S3/c1-15(6-22-14-17-7-4-2-3-5-8(7)23-14)10(13(20)21)18-11(19)9(16)12(18)24-15/h2-5,9-10,12H,6H2,1H3,(H,20,21)/t9-,10-,12+,15-/m0/s1. The van der Waals surface area contributed by atoms with Gasteiger partial charge in [-0.05, 0) is 19.1 Å². The summed E-state index contributed by atoms with van der Waals surface area (Å²) in [6.45, 7) is 1.93. The number of halogens is 1. The van der Waals surface area contributed by atoms with Gasteiger partial charge in [0.15, 0.2) is 4.34 Å². The van der Waals surface area contributed by atoms with Crippen LogP contribution in [0.5, 0.6) is 0 Å². The second-order valence-electron chi connectivity index (χ2n) is 5.95. The maximum Gasteiger partial charge on any atom is 0.327 e. The highest BCUT2D eigenvalue weighted by molar-refractivity contribution is 9.10. The molecule has 0 aliphatic carbocycles. The molecule has 1 N–H and O–H groups in total. The Bertz CT molecular complexity index is 811. The highest BCUT2D eigenvalue weighted by atomic mass is 79.9. The van der Waals surface area contributed by atoms with Gasteiger partial charge < -0.3 is 10.0 Å². The number of carboxylic acids is 1. The lowest BCUT2D eigenvalue weighted by Crippen LogP contribution is -2.63. The van der Waals surface area contributed by atoms with Crippen molar-refractivity contribution in [1.82, 2.24) is 9.88 Å². The normalized spacial score (nSPS) is 32.0. The van der Waals surface area contributed by atoms with Crippen LogP contribution in [-0.2, 0) is 9.59 Å². The van der Waals surface area contributed by atoms with Crippen molar-refractivity contribution in [2.24, 2.45) is 0 Å². The number of hydrogen-bond donors (Lipinski definition) is 1.